The van der Waals surface area contributed by atoms with E-state index >= 15 is 0 Å². The van der Waals surface area contributed by atoms with Gasteiger partial charge in [0.2, 0.25) is 0 Å². The van der Waals surface area contributed by atoms with Crippen LogP contribution in [0.3, 0.4) is 0 Å². The van der Waals surface area contributed by atoms with Gasteiger partial charge in [0, 0.05) is 6.42 Å². The van der Waals surface area contributed by atoms with Gasteiger partial charge < -0.3 is 10.5 Å². The van der Waals surface area contributed by atoms with Gasteiger partial charge in [-0.1, -0.05) is 37.3 Å². The van der Waals surface area contributed by atoms with Crippen LogP contribution in [-0.4, -0.2) is 12.4 Å². The zero-order valence-corrected chi connectivity index (χ0v) is 9.07. The van der Waals surface area contributed by atoms with Crippen molar-refractivity contribution in [3.05, 3.63) is 35.9 Å². The predicted molar refractivity (Wildman–Crippen MR) is 61.8 cm³/mol. The van der Waals surface area contributed by atoms with Gasteiger partial charge in [0.1, 0.15) is 0 Å². The van der Waals surface area contributed by atoms with Gasteiger partial charge in [0.25, 0.3) is 0 Å². The Labute approximate surface area is 90.8 Å². The summed E-state index contributed by atoms with van der Waals surface area (Å²) in [6.45, 7) is 3.31. The Morgan fingerprint density at radius 3 is 2.67 bits per heavy atom. The van der Waals surface area contributed by atoms with Gasteiger partial charge in [-0.05, 0) is 11.5 Å². The SMILES string of the molecule is C[C@@H](COCc1ccccc1)CC(=N)N. The molecule has 0 amide bonds. The van der Waals surface area contributed by atoms with Crippen molar-refractivity contribution in [2.24, 2.45) is 11.7 Å². The summed E-state index contributed by atoms with van der Waals surface area (Å²) in [5.41, 5.74) is 6.48. The fraction of sp³-hybridized carbons (Fsp3) is 0.417. The number of rotatable bonds is 6. The summed E-state index contributed by atoms with van der Waals surface area (Å²) < 4.78 is 5.53. The lowest BCUT2D eigenvalue weighted by Crippen LogP contribution is -2.17. The number of amidine groups is 1. The van der Waals surface area contributed by atoms with E-state index in [4.69, 9.17) is 15.9 Å². The number of nitrogens with one attached hydrogen (secondary N) is 1. The minimum absolute atomic E-state index is 0.228. The van der Waals surface area contributed by atoms with E-state index in [1.165, 1.54) is 5.56 Å². The Hall–Kier alpha value is -1.35. The molecule has 1 atom stereocenters. The van der Waals surface area contributed by atoms with Crippen LogP contribution in [0.5, 0.6) is 0 Å². The molecule has 0 aliphatic carbocycles. The molecule has 0 unspecified atom stereocenters. The molecule has 82 valence electrons. The molecule has 0 spiro atoms. The highest BCUT2D eigenvalue weighted by atomic mass is 16.5. The first-order valence-corrected chi connectivity index (χ1v) is 5.13. The summed E-state index contributed by atoms with van der Waals surface area (Å²) in [6.07, 6.45) is 0.606. The molecule has 0 bridgehead atoms. The second-order valence-electron chi connectivity index (χ2n) is 3.84. The smallest absolute Gasteiger partial charge is 0.0908 e. The van der Waals surface area contributed by atoms with E-state index in [0.717, 1.165) is 0 Å². The summed E-state index contributed by atoms with van der Waals surface area (Å²) >= 11 is 0. The molecule has 0 heterocycles. The number of hydrogen-bond acceptors (Lipinski definition) is 2. The largest absolute Gasteiger partial charge is 0.388 e. The average Bonchev–Trinajstić information content (AvgIpc) is 2.18. The molecule has 0 saturated carbocycles. The molecule has 1 aromatic rings. The van der Waals surface area contributed by atoms with Crippen LogP contribution >= 0.6 is 0 Å². The van der Waals surface area contributed by atoms with Crippen molar-refractivity contribution in [3.8, 4) is 0 Å². The van der Waals surface area contributed by atoms with Gasteiger partial charge in [0.15, 0.2) is 0 Å². The molecule has 3 nitrogen and oxygen atoms in total. The van der Waals surface area contributed by atoms with Crippen LogP contribution in [0.4, 0.5) is 0 Å². The van der Waals surface area contributed by atoms with E-state index in [2.05, 4.69) is 0 Å². The lowest BCUT2D eigenvalue weighted by atomic mass is 10.1. The fourth-order valence-electron chi connectivity index (χ4n) is 1.39. The predicted octanol–water partition coefficient (Wildman–Crippen LogP) is 2.17. The van der Waals surface area contributed by atoms with Gasteiger partial charge in [-0.3, -0.25) is 5.41 Å². The Balaban J connectivity index is 2.19. The second kappa shape index (κ2) is 6.19. The molecule has 0 aliphatic heterocycles. The average molecular weight is 206 g/mol. The first-order chi connectivity index (χ1) is 7.18. The van der Waals surface area contributed by atoms with Crippen molar-refractivity contribution >= 4 is 5.84 Å². The molecule has 0 fully saturated rings. The third-order valence-electron chi connectivity index (χ3n) is 2.08. The van der Waals surface area contributed by atoms with Crippen LogP contribution in [0, 0.1) is 11.3 Å². The minimum Gasteiger partial charge on any atom is -0.388 e. The van der Waals surface area contributed by atoms with Crippen molar-refractivity contribution in [2.75, 3.05) is 6.61 Å². The van der Waals surface area contributed by atoms with E-state index in [1.807, 2.05) is 37.3 Å². The van der Waals surface area contributed by atoms with Crippen LogP contribution in [0.25, 0.3) is 0 Å². The number of benzene rings is 1. The first kappa shape index (κ1) is 11.7. The second-order valence-corrected chi connectivity index (χ2v) is 3.84. The molecule has 0 saturated heterocycles. The molecule has 1 rings (SSSR count). The summed E-state index contributed by atoms with van der Waals surface area (Å²) in [5, 5.41) is 7.15. The molecule has 0 aliphatic rings. The Morgan fingerprint density at radius 2 is 2.07 bits per heavy atom. The lowest BCUT2D eigenvalue weighted by molar-refractivity contribution is 0.0939. The monoisotopic (exact) mass is 206 g/mol. The van der Waals surface area contributed by atoms with Crippen LogP contribution in [0.15, 0.2) is 30.3 Å². The maximum Gasteiger partial charge on any atom is 0.0908 e. The molecular weight excluding hydrogens is 188 g/mol. The maximum atomic E-state index is 7.15. The van der Waals surface area contributed by atoms with Gasteiger partial charge in [-0.15, -0.1) is 0 Å². The summed E-state index contributed by atoms with van der Waals surface area (Å²) in [6, 6.07) is 10.1. The number of nitrogens with two attached hydrogens (primary N) is 1. The molecule has 0 radical (unpaired) electrons. The summed E-state index contributed by atoms with van der Waals surface area (Å²) in [5.74, 6) is 0.539. The molecule has 15 heavy (non-hydrogen) atoms. The van der Waals surface area contributed by atoms with Gasteiger partial charge in [-0.2, -0.15) is 0 Å². The van der Waals surface area contributed by atoms with Crippen molar-refractivity contribution < 1.29 is 4.74 Å². The maximum absolute atomic E-state index is 7.15. The zero-order valence-electron chi connectivity index (χ0n) is 9.07. The van der Waals surface area contributed by atoms with E-state index in [-0.39, 0.29) is 5.84 Å². The van der Waals surface area contributed by atoms with Crippen molar-refractivity contribution in [1.82, 2.24) is 0 Å². The standard InChI is InChI=1S/C12H18N2O/c1-10(7-12(13)14)8-15-9-11-5-3-2-4-6-11/h2-6,10H,7-9H2,1H3,(H3,13,14)/t10-/m1/s1. The van der Waals surface area contributed by atoms with Crippen LogP contribution < -0.4 is 5.73 Å². The minimum atomic E-state index is 0.228. The van der Waals surface area contributed by atoms with Crippen LogP contribution in [0.2, 0.25) is 0 Å². The number of ether oxygens (including phenoxy) is 1. The Kier molecular flexibility index (Phi) is 4.84. The van der Waals surface area contributed by atoms with E-state index < -0.39 is 0 Å². The van der Waals surface area contributed by atoms with E-state index in [0.29, 0.717) is 25.6 Å². The van der Waals surface area contributed by atoms with Crippen LogP contribution in [0.1, 0.15) is 18.9 Å². The van der Waals surface area contributed by atoms with Crippen molar-refractivity contribution in [3.63, 3.8) is 0 Å². The highest BCUT2D eigenvalue weighted by Crippen LogP contribution is 2.05. The zero-order chi connectivity index (χ0) is 11.1. The lowest BCUT2D eigenvalue weighted by Gasteiger charge is -2.10. The van der Waals surface area contributed by atoms with Gasteiger partial charge in [0.05, 0.1) is 19.0 Å². The van der Waals surface area contributed by atoms with Gasteiger partial charge >= 0.3 is 0 Å². The normalized spacial score (nSPS) is 12.3. The third kappa shape index (κ3) is 5.18. The topological polar surface area (TPSA) is 59.1 Å². The molecule has 3 heteroatoms. The van der Waals surface area contributed by atoms with Crippen molar-refractivity contribution in [2.45, 2.75) is 20.0 Å². The van der Waals surface area contributed by atoms with Gasteiger partial charge in [-0.25, -0.2) is 0 Å². The molecule has 3 N–H and O–H groups in total. The fourth-order valence-corrected chi connectivity index (χ4v) is 1.39. The number of hydrogen-bond donors (Lipinski definition) is 2. The summed E-state index contributed by atoms with van der Waals surface area (Å²) in [4.78, 5) is 0. The quantitative estimate of drug-likeness (QED) is 0.553. The first-order valence-electron chi connectivity index (χ1n) is 5.13. The van der Waals surface area contributed by atoms with Crippen molar-refractivity contribution in [1.29, 1.82) is 5.41 Å². The van der Waals surface area contributed by atoms with Crippen LogP contribution in [-0.2, 0) is 11.3 Å². The van der Waals surface area contributed by atoms with E-state index in [9.17, 15) is 0 Å². The highest BCUT2D eigenvalue weighted by Gasteiger charge is 2.03. The third-order valence-corrected chi connectivity index (χ3v) is 2.08. The Bertz CT molecular complexity index is 298. The molecule has 0 aromatic heterocycles. The molecular formula is C12H18N2O. The van der Waals surface area contributed by atoms with E-state index in [1.54, 1.807) is 0 Å². The highest BCUT2D eigenvalue weighted by molar-refractivity contribution is 5.76. The summed E-state index contributed by atoms with van der Waals surface area (Å²) in [7, 11) is 0. The Morgan fingerprint density at radius 1 is 1.40 bits per heavy atom. The molecule has 1 aromatic carbocycles.